The van der Waals surface area contributed by atoms with Gasteiger partial charge in [-0.25, -0.2) is 0 Å². The third-order valence-electron chi connectivity index (χ3n) is 3.13. The molecule has 1 aliphatic rings. The van der Waals surface area contributed by atoms with Crippen molar-refractivity contribution in [2.75, 3.05) is 13.1 Å². The quantitative estimate of drug-likeness (QED) is 0.926. The average Bonchev–Trinajstić information content (AvgIpc) is 3.00. The van der Waals surface area contributed by atoms with Gasteiger partial charge in [0.15, 0.2) is 5.76 Å². The molecule has 0 amide bonds. The molecule has 3 heterocycles. The van der Waals surface area contributed by atoms with Crippen LogP contribution in [0.15, 0.2) is 27.3 Å². The van der Waals surface area contributed by atoms with E-state index in [0.29, 0.717) is 23.4 Å². The zero-order valence-corrected chi connectivity index (χ0v) is 10.8. The first-order valence-electron chi connectivity index (χ1n) is 5.99. The SMILES string of the molecule is Cl.c1coc(-c2noc(CC3CCNCC3)n2)c1. The van der Waals surface area contributed by atoms with Crippen LogP contribution in [0.25, 0.3) is 11.6 Å². The molecule has 2 aromatic heterocycles. The van der Waals surface area contributed by atoms with E-state index in [1.165, 1.54) is 12.8 Å². The van der Waals surface area contributed by atoms with Gasteiger partial charge in [0.25, 0.3) is 0 Å². The predicted molar refractivity (Wildman–Crippen MR) is 68.5 cm³/mol. The molecule has 2 aromatic rings. The van der Waals surface area contributed by atoms with Gasteiger partial charge in [0.05, 0.1) is 6.26 Å². The Hall–Kier alpha value is -1.33. The second-order valence-corrected chi connectivity index (χ2v) is 4.39. The molecule has 6 heteroatoms. The van der Waals surface area contributed by atoms with Crippen LogP contribution in [-0.2, 0) is 6.42 Å². The Kier molecular flexibility index (Phi) is 4.38. The van der Waals surface area contributed by atoms with Crippen molar-refractivity contribution in [2.24, 2.45) is 5.92 Å². The second kappa shape index (κ2) is 6.02. The summed E-state index contributed by atoms with van der Waals surface area (Å²) in [5.41, 5.74) is 0. The summed E-state index contributed by atoms with van der Waals surface area (Å²) in [6.07, 6.45) is 4.84. The number of hydrogen-bond donors (Lipinski definition) is 1. The largest absolute Gasteiger partial charge is 0.461 e. The van der Waals surface area contributed by atoms with Crippen LogP contribution in [-0.4, -0.2) is 23.2 Å². The summed E-state index contributed by atoms with van der Waals surface area (Å²) in [6, 6.07) is 3.65. The smallest absolute Gasteiger partial charge is 0.238 e. The molecule has 0 radical (unpaired) electrons. The summed E-state index contributed by atoms with van der Waals surface area (Å²) in [4.78, 5) is 4.35. The molecule has 0 bridgehead atoms. The molecule has 5 nitrogen and oxygen atoms in total. The molecular formula is C12H16ClN3O2. The van der Waals surface area contributed by atoms with Gasteiger partial charge in [-0.2, -0.15) is 4.98 Å². The van der Waals surface area contributed by atoms with Crippen LogP contribution in [0.1, 0.15) is 18.7 Å². The van der Waals surface area contributed by atoms with Crippen LogP contribution in [0, 0.1) is 5.92 Å². The fourth-order valence-electron chi connectivity index (χ4n) is 2.18. The third kappa shape index (κ3) is 2.91. The molecule has 0 atom stereocenters. The Labute approximate surface area is 111 Å². The summed E-state index contributed by atoms with van der Waals surface area (Å²) < 4.78 is 10.5. The number of furan rings is 1. The zero-order chi connectivity index (χ0) is 11.5. The van der Waals surface area contributed by atoms with Gasteiger partial charge in [0.1, 0.15) is 0 Å². The van der Waals surface area contributed by atoms with E-state index in [4.69, 9.17) is 8.94 Å². The highest BCUT2D eigenvalue weighted by Crippen LogP contribution is 2.20. The van der Waals surface area contributed by atoms with E-state index in [1.54, 1.807) is 6.26 Å². The number of nitrogens with zero attached hydrogens (tertiary/aromatic N) is 2. The molecule has 0 saturated carbocycles. The molecule has 0 spiro atoms. The maximum absolute atomic E-state index is 5.25. The Balaban J connectivity index is 0.00000120. The molecule has 1 saturated heterocycles. The highest BCUT2D eigenvalue weighted by Gasteiger charge is 2.18. The molecule has 1 aliphatic heterocycles. The van der Waals surface area contributed by atoms with E-state index in [2.05, 4.69) is 15.5 Å². The van der Waals surface area contributed by atoms with Crippen LogP contribution in [0.3, 0.4) is 0 Å². The number of halogens is 1. The van der Waals surface area contributed by atoms with Crippen molar-refractivity contribution in [1.29, 1.82) is 0 Å². The van der Waals surface area contributed by atoms with E-state index in [0.717, 1.165) is 19.5 Å². The van der Waals surface area contributed by atoms with E-state index in [9.17, 15) is 0 Å². The summed E-state index contributed by atoms with van der Waals surface area (Å²) in [6.45, 7) is 2.17. The van der Waals surface area contributed by atoms with Crippen molar-refractivity contribution in [2.45, 2.75) is 19.3 Å². The average molecular weight is 270 g/mol. The first kappa shape index (κ1) is 13.1. The molecule has 1 fully saturated rings. The van der Waals surface area contributed by atoms with Gasteiger partial charge in [-0.1, -0.05) is 5.16 Å². The van der Waals surface area contributed by atoms with Crippen LogP contribution in [0.4, 0.5) is 0 Å². The molecule has 0 aliphatic carbocycles. The van der Waals surface area contributed by atoms with Crippen LogP contribution < -0.4 is 5.32 Å². The first-order valence-corrected chi connectivity index (χ1v) is 5.99. The normalized spacial score (nSPS) is 16.4. The summed E-state index contributed by atoms with van der Waals surface area (Å²) >= 11 is 0. The fraction of sp³-hybridized carbons (Fsp3) is 0.500. The van der Waals surface area contributed by atoms with Gasteiger partial charge in [-0.05, 0) is 44.0 Å². The lowest BCUT2D eigenvalue weighted by atomic mass is 9.95. The van der Waals surface area contributed by atoms with Crippen molar-refractivity contribution in [3.05, 3.63) is 24.3 Å². The van der Waals surface area contributed by atoms with Crippen molar-refractivity contribution in [3.8, 4) is 11.6 Å². The molecule has 0 unspecified atom stereocenters. The highest BCUT2D eigenvalue weighted by molar-refractivity contribution is 5.85. The molecule has 3 rings (SSSR count). The van der Waals surface area contributed by atoms with Gasteiger partial charge in [-0.15, -0.1) is 12.4 Å². The van der Waals surface area contributed by atoms with Gasteiger partial charge in [-0.3, -0.25) is 0 Å². The second-order valence-electron chi connectivity index (χ2n) is 4.39. The Morgan fingerprint density at radius 1 is 1.33 bits per heavy atom. The Bertz CT molecular complexity index is 463. The number of aromatic nitrogens is 2. The van der Waals surface area contributed by atoms with Crippen LogP contribution in [0.2, 0.25) is 0 Å². The predicted octanol–water partition coefficient (Wildman–Crippen LogP) is 2.29. The first-order chi connectivity index (χ1) is 8.42. The number of hydrogen-bond acceptors (Lipinski definition) is 5. The van der Waals surface area contributed by atoms with Gasteiger partial charge < -0.3 is 14.3 Å². The molecule has 18 heavy (non-hydrogen) atoms. The molecular weight excluding hydrogens is 254 g/mol. The van der Waals surface area contributed by atoms with E-state index in [1.807, 2.05) is 12.1 Å². The maximum Gasteiger partial charge on any atom is 0.238 e. The van der Waals surface area contributed by atoms with Crippen molar-refractivity contribution in [3.63, 3.8) is 0 Å². The van der Waals surface area contributed by atoms with Crippen LogP contribution >= 0.6 is 12.4 Å². The summed E-state index contributed by atoms with van der Waals surface area (Å²) in [7, 11) is 0. The highest BCUT2D eigenvalue weighted by atomic mass is 35.5. The zero-order valence-electron chi connectivity index (χ0n) is 9.96. The molecule has 1 N–H and O–H groups in total. The summed E-state index contributed by atoms with van der Waals surface area (Å²) in [5.74, 6) is 2.56. The Morgan fingerprint density at radius 3 is 2.89 bits per heavy atom. The third-order valence-corrected chi connectivity index (χ3v) is 3.13. The van der Waals surface area contributed by atoms with E-state index < -0.39 is 0 Å². The van der Waals surface area contributed by atoms with Crippen LogP contribution in [0.5, 0.6) is 0 Å². The number of nitrogens with one attached hydrogen (secondary N) is 1. The molecule has 98 valence electrons. The lowest BCUT2D eigenvalue weighted by molar-refractivity contribution is 0.313. The molecule has 0 aromatic carbocycles. The monoisotopic (exact) mass is 269 g/mol. The number of rotatable bonds is 3. The fourth-order valence-corrected chi connectivity index (χ4v) is 2.18. The van der Waals surface area contributed by atoms with Gasteiger partial charge >= 0.3 is 0 Å². The minimum absolute atomic E-state index is 0. The number of piperidine rings is 1. The van der Waals surface area contributed by atoms with E-state index >= 15 is 0 Å². The lowest BCUT2D eigenvalue weighted by Gasteiger charge is -2.20. The minimum atomic E-state index is 0. The topological polar surface area (TPSA) is 64.1 Å². The Morgan fingerprint density at radius 2 is 2.17 bits per heavy atom. The van der Waals surface area contributed by atoms with Crippen molar-refractivity contribution >= 4 is 12.4 Å². The van der Waals surface area contributed by atoms with Gasteiger partial charge in [0.2, 0.25) is 11.7 Å². The standard InChI is InChI=1S/C12H15N3O2.ClH/c1-2-10(16-7-1)12-14-11(17-15-12)8-9-3-5-13-6-4-9;/h1-2,7,9,13H,3-6,8H2;1H. The van der Waals surface area contributed by atoms with E-state index in [-0.39, 0.29) is 12.4 Å². The van der Waals surface area contributed by atoms with Crippen molar-refractivity contribution in [1.82, 2.24) is 15.5 Å². The lowest BCUT2D eigenvalue weighted by Crippen LogP contribution is -2.28. The summed E-state index contributed by atoms with van der Waals surface area (Å²) in [5, 5.41) is 7.28. The van der Waals surface area contributed by atoms with Crippen molar-refractivity contribution < 1.29 is 8.94 Å². The minimum Gasteiger partial charge on any atom is -0.461 e. The van der Waals surface area contributed by atoms with Gasteiger partial charge in [0, 0.05) is 6.42 Å². The maximum atomic E-state index is 5.25.